The highest BCUT2D eigenvalue weighted by Gasteiger charge is 2.29. The second-order valence-corrected chi connectivity index (χ2v) is 4.95. The van der Waals surface area contributed by atoms with E-state index in [1.165, 1.54) is 11.0 Å². The first-order chi connectivity index (χ1) is 9.54. The van der Waals surface area contributed by atoms with Crippen molar-refractivity contribution in [3.63, 3.8) is 0 Å². The van der Waals surface area contributed by atoms with Crippen molar-refractivity contribution in [2.24, 2.45) is 5.92 Å². The summed E-state index contributed by atoms with van der Waals surface area (Å²) in [5, 5.41) is 18.3. The molecule has 2 rings (SSSR count). The van der Waals surface area contributed by atoms with Gasteiger partial charge in [-0.05, 0) is 18.6 Å². The summed E-state index contributed by atoms with van der Waals surface area (Å²) < 4.78 is 0. The zero-order valence-electron chi connectivity index (χ0n) is 11.3. The number of hydrogen-bond donors (Lipinski definition) is 2. The fourth-order valence-corrected chi connectivity index (χ4v) is 2.42. The van der Waals surface area contributed by atoms with Crippen LogP contribution < -0.4 is 4.90 Å². The number of nitrogens with zero attached hydrogens (tertiary/aromatic N) is 2. The number of urea groups is 1. The molecule has 1 aromatic rings. The Hall–Kier alpha value is -2.08. The molecule has 0 spiro atoms. The Labute approximate surface area is 117 Å². The summed E-state index contributed by atoms with van der Waals surface area (Å²) in [7, 11) is 1.57. The minimum Gasteiger partial charge on any atom is -0.478 e. The Balaban J connectivity index is 2.17. The van der Waals surface area contributed by atoms with Crippen molar-refractivity contribution in [3.05, 3.63) is 29.8 Å². The third kappa shape index (κ3) is 2.75. The molecule has 2 N–H and O–H groups in total. The van der Waals surface area contributed by atoms with E-state index in [2.05, 4.69) is 0 Å². The number of hydrogen-bond acceptors (Lipinski definition) is 3. The minimum absolute atomic E-state index is 0.0687. The Morgan fingerprint density at radius 2 is 2.10 bits per heavy atom. The number of likely N-dealkylation sites (tertiary alicyclic amines) is 1. The molecule has 108 valence electrons. The van der Waals surface area contributed by atoms with Crippen LogP contribution in [0.4, 0.5) is 10.5 Å². The predicted molar refractivity (Wildman–Crippen MR) is 74.0 cm³/mol. The van der Waals surface area contributed by atoms with E-state index >= 15 is 0 Å². The molecule has 0 aromatic heterocycles. The van der Waals surface area contributed by atoms with E-state index in [1.807, 2.05) is 0 Å². The lowest BCUT2D eigenvalue weighted by Gasteiger charge is -2.25. The first-order valence-electron chi connectivity index (χ1n) is 6.50. The number of aromatic carboxylic acids is 1. The number of para-hydroxylation sites is 1. The number of carbonyl (C=O) groups excluding carboxylic acids is 1. The van der Waals surface area contributed by atoms with Crippen molar-refractivity contribution < 1.29 is 19.8 Å². The van der Waals surface area contributed by atoms with Crippen LogP contribution in [0.25, 0.3) is 0 Å². The Kier molecular flexibility index (Phi) is 4.24. The second kappa shape index (κ2) is 5.92. The highest BCUT2D eigenvalue weighted by atomic mass is 16.4. The molecule has 1 aliphatic rings. The molecule has 0 bridgehead atoms. The van der Waals surface area contributed by atoms with Crippen molar-refractivity contribution in [3.8, 4) is 0 Å². The van der Waals surface area contributed by atoms with Crippen LogP contribution in [0.3, 0.4) is 0 Å². The van der Waals surface area contributed by atoms with Crippen LogP contribution in [0.15, 0.2) is 24.3 Å². The maximum absolute atomic E-state index is 12.4. The number of anilines is 1. The molecule has 1 atom stereocenters. The SMILES string of the molecule is CN(C(=O)N1CCC(CO)C1)c1ccccc1C(=O)O. The van der Waals surface area contributed by atoms with Crippen LogP contribution in [-0.2, 0) is 0 Å². The highest BCUT2D eigenvalue weighted by Crippen LogP contribution is 2.23. The minimum atomic E-state index is -1.06. The summed E-state index contributed by atoms with van der Waals surface area (Å²) in [6, 6.07) is 6.17. The van der Waals surface area contributed by atoms with Gasteiger partial charge in [0, 0.05) is 32.7 Å². The van der Waals surface area contributed by atoms with Gasteiger partial charge in [0.2, 0.25) is 0 Å². The van der Waals surface area contributed by atoms with Crippen LogP contribution in [0.5, 0.6) is 0 Å². The summed E-state index contributed by atoms with van der Waals surface area (Å²) >= 11 is 0. The molecular weight excluding hydrogens is 260 g/mol. The molecule has 1 unspecified atom stereocenters. The van der Waals surface area contributed by atoms with Gasteiger partial charge in [0.25, 0.3) is 0 Å². The van der Waals surface area contributed by atoms with Gasteiger partial charge in [-0.3, -0.25) is 4.90 Å². The van der Waals surface area contributed by atoms with Crippen LogP contribution in [0, 0.1) is 5.92 Å². The van der Waals surface area contributed by atoms with Crippen molar-refractivity contribution in [2.45, 2.75) is 6.42 Å². The first kappa shape index (κ1) is 14.3. The number of rotatable bonds is 3. The fourth-order valence-electron chi connectivity index (χ4n) is 2.42. The van der Waals surface area contributed by atoms with Gasteiger partial charge < -0.3 is 15.1 Å². The maximum Gasteiger partial charge on any atom is 0.337 e. The molecule has 1 heterocycles. The monoisotopic (exact) mass is 278 g/mol. The van der Waals surface area contributed by atoms with Gasteiger partial charge in [0.15, 0.2) is 0 Å². The molecular formula is C14H18N2O4. The average molecular weight is 278 g/mol. The van der Waals surface area contributed by atoms with Crippen molar-refractivity contribution in [2.75, 3.05) is 31.6 Å². The predicted octanol–water partition coefficient (Wildman–Crippen LogP) is 1.26. The summed E-state index contributed by atoms with van der Waals surface area (Å²) in [6.45, 7) is 1.16. The quantitative estimate of drug-likeness (QED) is 0.872. The zero-order valence-corrected chi connectivity index (χ0v) is 11.3. The van der Waals surface area contributed by atoms with Gasteiger partial charge >= 0.3 is 12.0 Å². The number of aliphatic hydroxyl groups excluding tert-OH is 1. The third-order valence-electron chi connectivity index (χ3n) is 3.60. The lowest BCUT2D eigenvalue weighted by atomic mass is 10.1. The van der Waals surface area contributed by atoms with Gasteiger partial charge in [-0.25, -0.2) is 9.59 Å². The summed E-state index contributed by atoms with van der Waals surface area (Å²) in [5.41, 5.74) is 0.471. The van der Waals surface area contributed by atoms with E-state index in [0.29, 0.717) is 18.8 Å². The van der Waals surface area contributed by atoms with Gasteiger partial charge in [-0.15, -0.1) is 0 Å². The summed E-state index contributed by atoms with van der Waals surface area (Å²) in [5.74, 6) is -0.947. The van der Waals surface area contributed by atoms with Crippen LogP contribution >= 0.6 is 0 Å². The van der Waals surface area contributed by atoms with E-state index in [-0.39, 0.29) is 24.1 Å². The highest BCUT2D eigenvalue weighted by molar-refractivity contribution is 6.01. The number of carboxylic acid groups (broad SMARTS) is 1. The van der Waals surface area contributed by atoms with Crippen LogP contribution in [0.1, 0.15) is 16.8 Å². The first-order valence-corrected chi connectivity index (χ1v) is 6.50. The molecule has 1 fully saturated rings. The standard InChI is InChI=1S/C14H18N2O4/c1-15(12-5-3-2-4-11(12)13(18)19)14(20)16-7-6-10(8-16)9-17/h2-5,10,17H,6-9H2,1H3,(H,18,19). The normalized spacial score (nSPS) is 18.1. The molecule has 6 nitrogen and oxygen atoms in total. The number of benzene rings is 1. The molecule has 1 aliphatic heterocycles. The third-order valence-corrected chi connectivity index (χ3v) is 3.60. The molecule has 6 heteroatoms. The number of amides is 2. The van der Waals surface area contributed by atoms with Gasteiger partial charge in [0.05, 0.1) is 11.3 Å². The largest absolute Gasteiger partial charge is 0.478 e. The van der Waals surface area contributed by atoms with E-state index < -0.39 is 5.97 Å². The van der Waals surface area contributed by atoms with Gasteiger partial charge in [-0.1, -0.05) is 12.1 Å². The van der Waals surface area contributed by atoms with Crippen molar-refractivity contribution >= 4 is 17.7 Å². The molecule has 0 aliphatic carbocycles. The lowest BCUT2D eigenvalue weighted by Crippen LogP contribution is -2.40. The number of carbonyl (C=O) groups is 2. The molecule has 0 radical (unpaired) electrons. The lowest BCUT2D eigenvalue weighted by molar-refractivity contribution is 0.0697. The summed E-state index contributed by atoms with van der Waals surface area (Å²) in [4.78, 5) is 26.5. The molecule has 20 heavy (non-hydrogen) atoms. The van der Waals surface area contributed by atoms with Crippen molar-refractivity contribution in [1.29, 1.82) is 0 Å². The molecule has 1 aromatic carbocycles. The average Bonchev–Trinajstić information content (AvgIpc) is 2.94. The van der Waals surface area contributed by atoms with Crippen molar-refractivity contribution in [1.82, 2.24) is 4.90 Å². The Morgan fingerprint density at radius 3 is 2.70 bits per heavy atom. The number of carboxylic acids is 1. The maximum atomic E-state index is 12.4. The Morgan fingerprint density at radius 1 is 1.40 bits per heavy atom. The molecule has 1 saturated heterocycles. The van der Waals surface area contributed by atoms with Gasteiger partial charge in [0.1, 0.15) is 0 Å². The topological polar surface area (TPSA) is 81.1 Å². The van der Waals surface area contributed by atoms with Gasteiger partial charge in [-0.2, -0.15) is 0 Å². The second-order valence-electron chi connectivity index (χ2n) is 4.95. The van der Waals surface area contributed by atoms with Crippen LogP contribution in [-0.4, -0.2) is 53.9 Å². The molecule has 0 saturated carbocycles. The summed E-state index contributed by atoms with van der Waals surface area (Å²) in [6.07, 6.45) is 0.774. The van der Waals surface area contributed by atoms with E-state index in [4.69, 9.17) is 10.2 Å². The molecule has 2 amide bonds. The van der Waals surface area contributed by atoms with Crippen LogP contribution in [0.2, 0.25) is 0 Å². The van der Waals surface area contributed by atoms with E-state index in [9.17, 15) is 9.59 Å². The van der Waals surface area contributed by atoms with E-state index in [0.717, 1.165) is 6.42 Å². The zero-order chi connectivity index (χ0) is 14.7. The number of aliphatic hydroxyl groups is 1. The fraction of sp³-hybridized carbons (Fsp3) is 0.429. The smallest absolute Gasteiger partial charge is 0.337 e. The van der Waals surface area contributed by atoms with E-state index in [1.54, 1.807) is 30.1 Å². The Bertz CT molecular complexity index is 518.